The Labute approximate surface area is 141 Å². The van der Waals surface area contributed by atoms with E-state index in [0.717, 1.165) is 56.8 Å². The van der Waals surface area contributed by atoms with Crippen LogP contribution in [0.25, 0.3) is 0 Å². The highest BCUT2D eigenvalue weighted by molar-refractivity contribution is 5.69. The molecule has 0 aromatic heterocycles. The van der Waals surface area contributed by atoms with E-state index >= 15 is 0 Å². The number of aliphatic hydroxyl groups is 1. The van der Waals surface area contributed by atoms with E-state index in [1.54, 1.807) is 0 Å². The summed E-state index contributed by atoms with van der Waals surface area (Å²) in [5.41, 5.74) is 0. The fourth-order valence-corrected chi connectivity index (χ4v) is 3.85. The van der Waals surface area contributed by atoms with E-state index in [4.69, 9.17) is 9.84 Å². The van der Waals surface area contributed by atoms with E-state index in [2.05, 4.69) is 18.8 Å². The molecular weight excluding hydrogens is 288 g/mol. The van der Waals surface area contributed by atoms with Gasteiger partial charge in [-0.2, -0.15) is 0 Å². The monoisotopic (exact) mass is 320 g/mol. The van der Waals surface area contributed by atoms with Gasteiger partial charge in [0.15, 0.2) is 0 Å². The Morgan fingerprint density at radius 1 is 1.17 bits per heavy atom. The summed E-state index contributed by atoms with van der Waals surface area (Å²) in [7, 11) is 0. The van der Waals surface area contributed by atoms with E-state index in [1.807, 2.05) is 0 Å². The first-order chi connectivity index (χ1) is 11.3. The lowest BCUT2D eigenvalue weighted by Gasteiger charge is -2.10. The van der Waals surface area contributed by atoms with Crippen LogP contribution in [0.3, 0.4) is 0 Å². The number of aliphatic hydroxyl groups excluding tert-OH is 1. The van der Waals surface area contributed by atoms with Crippen molar-refractivity contribution in [1.29, 1.82) is 0 Å². The highest BCUT2D eigenvalue weighted by Crippen LogP contribution is 2.52. The summed E-state index contributed by atoms with van der Waals surface area (Å²) in [5.74, 6) is 8.92. The molecule has 0 spiro atoms. The van der Waals surface area contributed by atoms with Gasteiger partial charge < -0.3 is 9.84 Å². The van der Waals surface area contributed by atoms with Gasteiger partial charge in [-0.15, -0.1) is 11.8 Å². The molecule has 23 heavy (non-hydrogen) atoms. The first kappa shape index (κ1) is 18.3. The summed E-state index contributed by atoms with van der Waals surface area (Å²) >= 11 is 0. The third kappa shape index (κ3) is 6.18. The van der Waals surface area contributed by atoms with Crippen LogP contribution in [-0.2, 0) is 9.53 Å². The summed E-state index contributed by atoms with van der Waals surface area (Å²) in [6.07, 6.45) is 10.1. The molecule has 2 aliphatic carbocycles. The molecular formula is C20H32O3. The van der Waals surface area contributed by atoms with Gasteiger partial charge in [-0.3, -0.25) is 4.79 Å². The zero-order valence-electron chi connectivity index (χ0n) is 14.6. The van der Waals surface area contributed by atoms with E-state index in [1.165, 1.54) is 12.8 Å². The molecule has 2 aliphatic rings. The van der Waals surface area contributed by atoms with Gasteiger partial charge in [0.05, 0.1) is 6.61 Å². The van der Waals surface area contributed by atoms with Crippen molar-refractivity contribution in [3.63, 3.8) is 0 Å². The zero-order valence-corrected chi connectivity index (χ0v) is 14.6. The van der Waals surface area contributed by atoms with Crippen molar-refractivity contribution < 1.29 is 14.6 Å². The topological polar surface area (TPSA) is 46.5 Å². The van der Waals surface area contributed by atoms with E-state index in [0.29, 0.717) is 24.9 Å². The number of hydrogen-bond acceptors (Lipinski definition) is 3. The molecule has 2 unspecified atom stereocenters. The Morgan fingerprint density at radius 3 is 2.48 bits per heavy atom. The third-order valence-electron chi connectivity index (χ3n) is 5.60. The summed E-state index contributed by atoms with van der Waals surface area (Å²) < 4.78 is 5.49. The van der Waals surface area contributed by atoms with Gasteiger partial charge >= 0.3 is 5.97 Å². The maximum absolute atomic E-state index is 11.8. The highest BCUT2D eigenvalue weighted by atomic mass is 16.5. The van der Waals surface area contributed by atoms with Crippen LogP contribution in [0, 0.1) is 35.5 Å². The summed E-state index contributed by atoms with van der Waals surface area (Å²) in [6.45, 7) is 3.02. The van der Waals surface area contributed by atoms with Gasteiger partial charge in [-0.1, -0.05) is 26.2 Å². The van der Waals surface area contributed by atoms with Crippen LogP contribution in [0.4, 0.5) is 0 Å². The number of fused-ring (bicyclic) bond motifs is 1. The third-order valence-corrected chi connectivity index (χ3v) is 5.60. The Balaban J connectivity index is 1.49. The molecule has 4 atom stereocenters. The SMILES string of the molecule is CCC(CO)CCCCCC(=O)OCC1[C@H]2CCC#CCC[C@@H]12. The van der Waals surface area contributed by atoms with Crippen molar-refractivity contribution in [3.8, 4) is 11.8 Å². The second-order valence-corrected chi connectivity index (χ2v) is 7.16. The molecule has 0 aromatic carbocycles. The maximum atomic E-state index is 11.8. The van der Waals surface area contributed by atoms with Crippen molar-refractivity contribution in [2.45, 2.75) is 71.1 Å². The van der Waals surface area contributed by atoms with Crippen molar-refractivity contribution in [2.24, 2.45) is 23.7 Å². The number of carbonyl (C=O) groups excluding carboxylic acids is 1. The standard InChI is InChI=1S/C20H32O3/c1-2-16(14-21)10-6-5-9-13-20(22)23-15-19-17-11-7-3-4-8-12-18(17)19/h16-19,21H,2,5-15H2,1H3/t16?,17-,18+,19?. The second-order valence-electron chi connectivity index (χ2n) is 7.16. The Hall–Kier alpha value is -1.01. The number of hydrogen-bond donors (Lipinski definition) is 1. The Morgan fingerprint density at radius 2 is 1.87 bits per heavy atom. The number of ether oxygens (including phenoxy) is 1. The van der Waals surface area contributed by atoms with Crippen molar-refractivity contribution in [1.82, 2.24) is 0 Å². The molecule has 0 radical (unpaired) electrons. The largest absolute Gasteiger partial charge is 0.465 e. The summed E-state index contributed by atoms with van der Waals surface area (Å²) in [5, 5.41) is 9.14. The lowest BCUT2D eigenvalue weighted by Crippen LogP contribution is -2.08. The number of esters is 1. The van der Waals surface area contributed by atoms with Crippen molar-refractivity contribution in [3.05, 3.63) is 0 Å². The van der Waals surface area contributed by atoms with Gasteiger partial charge in [-0.05, 0) is 49.4 Å². The molecule has 0 amide bonds. The molecule has 3 nitrogen and oxygen atoms in total. The lowest BCUT2D eigenvalue weighted by molar-refractivity contribution is -0.144. The van der Waals surface area contributed by atoms with Crippen LogP contribution < -0.4 is 0 Å². The minimum absolute atomic E-state index is 0.0327. The van der Waals surface area contributed by atoms with Crippen LogP contribution >= 0.6 is 0 Å². The molecule has 0 aliphatic heterocycles. The van der Waals surface area contributed by atoms with E-state index in [-0.39, 0.29) is 12.6 Å². The lowest BCUT2D eigenvalue weighted by atomic mass is 9.99. The quantitative estimate of drug-likeness (QED) is 0.377. The number of unbranched alkanes of at least 4 members (excludes halogenated alkanes) is 2. The Bertz CT molecular complexity index is 398. The fourth-order valence-electron chi connectivity index (χ4n) is 3.85. The second kappa shape index (κ2) is 9.98. The molecule has 3 heteroatoms. The summed E-state index contributed by atoms with van der Waals surface area (Å²) in [6, 6.07) is 0. The smallest absolute Gasteiger partial charge is 0.305 e. The highest BCUT2D eigenvalue weighted by Gasteiger charge is 2.49. The molecule has 0 heterocycles. The minimum atomic E-state index is -0.0327. The average Bonchev–Trinajstić information content (AvgIpc) is 3.18. The van der Waals surface area contributed by atoms with Crippen molar-refractivity contribution >= 4 is 5.97 Å². The molecule has 0 saturated heterocycles. The van der Waals surface area contributed by atoms with Crippen LogP contribution in [0.15, 0.2) is 0 Å². The maximum Gasteiger partial charge on any atom is 0.305 e. The van der Waals surface area contributed by atoms with Crippen LogP contribution in [-0.4, -0.2) is 24.3 Å². The molecule has 2 rings (SSSR count). The molecule has 1 fully saturated rings. The van der Waals surface area contributed by atoms with Gasteiger partial charge in [0.1, 0.15) is 0 Å². The Kier molecular flexibility index (Phi) is 7.95. The molecule has 1 N–H and O–H groups in total. The predicted octanol–water partition coefficient (Wildman–Crippen LogP) is 3.94. The minimum Gasteiger partial charge on any atom is -0.465 e. The molecule has 1 saturated carbocycles. The van der Waals surface area contributed by atoms with Gasteiger partial charge in [0.25, 0.3) is 0 Å². The van der Waals surface area contributed by atoms with Crippen molar-refractivity contribution in [2.75, 3.05) is 13.2 Å². The van der Waals surface area contributed by atoms with E-state index in [9.17, 15) is 4.79 Å². The van der Waals surface area contributed by atoms with Gasteiger partial charge in [-0.25, -0.2) is 0 Å². The van der Waals surface area contributed by atoms with Crippen LogP contribution in [0.2, 0.25) is 0 Å². The van der Waals surface area contributed by atoms with Gasteiger partial charge in [0.2, 0.25) is 0 Å². The molecule has 0 aromatic rings. The van der Waals surface area contributed by atoms with Gasteiger partial charge in [0, 0.05) is 25.9 Å². The normalized spacial score (nSPS) is 27.0. The zero-order chi connectivity index (χ0) is 16.5. The first-order valence-corrected chi connectivity index (χ1v) is 9.48. The number of rotatable bonds is 10. The predicted molar refractivity (Wildman–Crippen MR) is 91.6 cm³/mol. The van der Waals surface area contributed by atoms with Crippen LogP contribution in [0.1, 0.15) is 71.1 Å². The number of carbonyl (C=O) groups is 1. The summed E-state index contributed by atoms with van der Waals surface area (Å²) in [4.78, 5) is 11.8. The average molecular weight is 320 g/mol. The van der Waals surface area contributed by atoms with Crippen LogP contribution in [0.5, 0.6) is 0 Å². The first-order valence-electron chi connectivity index (χ1n) is 9.48. The molecule has 130 valence electrons. The fraction of sp³-hybridized carbons (Fsp3) is 0.850. The molecule has 0 bridgehead atoms. The van der Waals surface area contributed by atoms with E-state index < -0.39 is 0 Å².